The highest BCUT2D eigenvalue weighted by molar-refractivity contribution is 6.17. The SMILES string of the molecule is CC(C)(C)OC(=C[Si])OC(C)(C)C. The molecule has 0 atom stereocenters. The number of rotatable bonds is 2. The van der Waals surface area contributed by atoms with Crippen molar-refractivity contribution in [1.29, 1.82) is 0 Å². The summed E-state index contributed by atoms with van der Waals surface area (Å²) < 4.78 is 11.1. The van der Waals surface area contributed by atoms with Crippen molar-refractivity contribution in [3.05, 3.63) is 11.6 Å². The summed E-state index contributed by atoms with van der Waals surface area (Å²) in [5.74, 6) is 0.511. The van der Waals surface area contributed by atoms with Crippen LogP contribution >= 0.6 is 0 Å². The Balaban J connectivity index is 4.24. The van der Waals surface area contributed by atoms with E-state index in [4.69, 9.17) is 9.47 Å². The van der Waals surface area contributed by atoms with E-state index in [9.17, 15) is 0 Å². The van der Waals surface area contributed by atoms with Crippen LogP contribution in [0.2, 0.25) is 0 Å². The van der Waals surface area contributed by atoms with Gasteiger partial charge in [0.25, 0.3) is 5.95 Å². The van der Waals surface area contributed by atoms with E-state index in [-0.39, 0.29) is 11.2 Å². The third-order valence-electron chi connectivity index (χ3n) is 0.931. The van der Waals surface area contributed by atoms with E-state index in [1.54, 1.807) is 5.70 Å². The summed E-state index contributed by atoms with van der Waals surface area (Å²) >= 11 is 0. The molecule has 0 aromatic heterocycles. The van der Waals surface area contributed by atoms with Crippen LogP contribution in [0.4, 0.5) is 0 Å². The van der Waals surface area contributed by atoms with Gasteiger partial charge in [0, 0.05) is 0 Å². The van der Waals surface area contributed by atoms with E-state index in [0.717, 1.165) is 0 Å². The molecule has 0 rings (SSSR count). The lowest BCUT2D eigenvalue weighted by Gasteiger charge is -2.28. The second kappa shape index (κ2) is 4.18. The molecule has 0 aliphatic carbocycles. The van der Waals surface area contributed by atoms with Crippen LogP contribution in [0.3, 0.4) is 0 Å². The molecule has 3 radical (unpaired) electrons. The first kappa shape index (κ1) is 12.6. The van der Waals surface area contributed by atoms with Crippen molar-refractivity contribution in [2.45, 2.75) is 52.7 Å². The molecule has 0 heterocycles. The highest BCUT2D eigenvalue weighted by Crippen LogP contribution is 2.19. The molecule has 0 aliphatic rings. The Morgan fingerprint density at radius 3 is 1.38 bits per heavy atom. The Bertz CT molecular complexity index is 166. The summed E-state index contributed by atoms with van der Waals surface area (Å²) in [5, 5.41) is 0. The van der Waals surface area contributed by atoms with E-state index in [2.05, 4.69) is 10.2 Å². The molecule has 0 amide bonds. The minimum Gasteiger partial charge on any atom is -0.460 e. The standard InChI is InChI=1S/C10H19O2Si/c1-9(2,3)11-8(7-13)12-10(4,5)6/h7H,1-6H3. The maximum Gasteiger partial charge on any atom is 0.271 e. The van der Waals surface area contributed by atoms with Gasteiger partial charge in [-0.2, -0.15) is 0 Å². The van der Waals surface area contributed by atoms with Crippen molar-refractivity contribution in [3.63, 3.8) is 0 Å². The van der Waals surface area contributed by atoms with Crippen LogP contribution in [0.1, 0.15) is 41.5 Å². The fraction of sp³-hybridized carbons (Fsp3) is 0.800. The van der Waals surface area contributed by atoms with Crippen LogP contribution in [-0.4, -0.2) is 21.4 Å². The van der Waals surface area contributed by atoms with Gasteiger partial charge in [-0.1, -0.05) is 0 Å². The molecular weight excluding hydrogens is 180 g/mol. The quantitative estimate of drug-likeness (QED) is 0.503. The van der Waals surface area contributed by atoms with Gasteiger partial charge in [0.15, 0.2) is 0 Å². The van der Waals surface area contributed by atoms with E-state index in [0.29, 0.717) is 5.95 Å². The summed E-state index contributed by atoms with van der Waals surface area (Å²) in [6.07, 6.45) is 0. The van der Waals surface area contributed by atoms with Crippen LogP contribution in [0, 0.1) is 0 Å². The predicted octanol–water partition coefficient (Wildman–Crippen LogP) is 2.58. The highest BCUT2D eigenvalue weighted by Gasteiger charge is 2.19. The van der Waals surface area contributed by atoms with Crippen molar-refractivity contribution in [2.24, 2.45) is 0 Å². The molecule has 0 bridgehead atoms. The Hall–Kier alpha value is -0.443. The minimum absolute atomic E-state index is 0.232. The molecule has 0 fully saturated rings. The third-order valence-corrected chi connectivity index (χ3v) is 1.17. The highest BCUT2D eigenvalue weighted by atomic mass is 28.1. The largest absolute Gasteiger partial charge is 0.460 e. The van der Waals surface area contributed by atoms with Crippen LogP contribution < -0.4 is 0 Å². The monoisotopic (exact) mass is 199 g/mol. The topological polar surface area (TPSA) is 18.5 Å². The van der Waals surface area contributed by atoms with Crippen LogP contribution in [-0.2, 0) is 9.47 Å². The maximum atomic E-state index is 5.55. The average molecular weight is 199 g/mol. The molecule has 0 N–H and O–H groups in total. The summed E-state index contributed by atoms with van der Waals surface area (Å²) in [6.45, 7) is 11.9. The van der Waals surface area contributed by atoms with Gasteiger partial charge in [-0.15, -0.1) is 0 Å². The lowest BCUT2D eigenvalue weighted by molar-refractivity contribution is -0.0908. The normalized spacial score (nSPS) is 12.2. The first-order valence-electron chi connectivity index (χ1n) is 4.39. The molecule has 0 unspecified atom stereocenters. The molecule has 0 aromatic carbocycles. The molecule has 3 heteroatoms. The fourth-order valence-electron chi connectivity index (χ4n) is 0.683. The zero-order valence-corrected chi connectivity index (χ0v) is 10.4. The van der Waals surface area contributed by atoms with Crippen molar-refractivity contribution in [2.75, 3.05) is 0 Å². The molecule has 75 valence electrons. The lowest BCUT2D eigenvalue weighted by Crippen LogP contribution is -2.25. The minimum atomic E-state index is -0.232. The molecule has 0 saturated heterocycles. The zero-order chi connectivity index (χ0) is 10.7. The second-order valence-corrected chi connectivity index (χ2v) is 5.18. The molecule has 2 nitrogen and oxygen atoms in total. The van der Waals surface area contributed by atoms with E-state index >= 15 is 0 Å². The van der Waals surface area contributed by atoms with Gasteiger partial charge in [-0.05, 0) is 47.2 Å². The van der Waals surface area contributed by atoms with Crippen molar-refractivity contribution in [1.82, 2.24) is 0 Å². The third kappa shape index (κ3) is 7.90. The van der Waals surface area contributed by atoms with Crippen molar-refractivity contribution in [3.8, 4) is 0 Å². The van der Waals surface area contributed by atoms with Crippen molar-refractivity contribution < 1.29 is 9.47 Å². The molecular formula is C10H19O2Si. The molecule has 0 spiro atoms. The summed E-state index contributed by atoms with van der Waals surface area (Å²) in [5.41, 5.74) is 1.18. The second-order valence-electron chi connectivity index (χ2n) is 4.89. The molecule has 0 aliphatic heterocycles. The molecule has 0 saturated carbocycles. The first-order valence-corrected chi connectivity index (χ1v) is 4.97. The number of hydrogen-bond donors (Lipinski definition) is 0. The smallest absolute Gasteiger partial charge is 0.271 e. The van der Waals surface area contributed by atoms with Gasteiger partial charge < -0.3 is 9.47 Å². The molecule has 0 aromatic rings. The van der Waals surface area contributed by atoms with Crippen LogP contribution in [0.5, 0.6) is 0 Å². The maximum absolute atomic E-state index is 5.55. The number of ether oxygens (including phenoxy) is 2. The van der Waals surface area contributed by atoms with Gasteiger partial charge in [0.2, 0.25) is 0 Å². The van der Waals surface area contributed by atoms with E-state index in [1.807, 2.05) is 41.5 Å². The van der Waals surface area contributed by atoms with Gasteiger partial charge in [0.05, 0.1) is 10.2 Å². The van der Waals surface area contributed by atoms with E-state index < -0.39 is 0 Å². The van der Waals surface area contributed by atoms with Crippen molar-refractivity contribution >= 4 is 10.2 Å². The lowest BCUT2D eigenvalue weighted by atomic mass is 10.2. The van der Waals surface area contributed by atoms with E-state index in [1.165, 1.54) is 0 Å². The van der Waals surface area contributed by atoms with Gasteiger partial charge in [-0.3, -0.25) is 0 Å². The Labute approximate surface area is 84.7 Å². The zero-order valence-electron chi connectivity index (χ0n) is 9.39. The fourth-order valence-corrected chi connectivity index (χ4v) is 0.801. The van der Waals surface area contributed by atoms with Gasteiger partial charge in [-0.25, -0.2) is 0 Å². The van der Waals surface area contributed by atoms with Crippen LogP contribution in [0.25, 0.3) is 0 Å². The van der Waals surface area contributed by atoms with Gasteiger partial charge in [0.1, 0.15) is 11.2 Å². The van der Waals surface area contributed by atoms with Gasteiger partial charge >= 0.3 is 0 Å². The predicted molar refractivity (Wildman–Crippen MR) is 55.5 cm³/mol. The Morgan fingerprint density at radius 1 is 0.923 bits per heavy atom. The Morgan fingerprint density at radius 2 is 1.23 bits per heavy atom. The summed E-state index contributed by atoms with van der Waals surface area (Å²) in [7, 11) is 3.26. The molecule has 13 heavy (non-hydrogen) atoms. The average Bonchev–Trinajstić information content (AvgIpc) is 1.79. The summed E-state index contributed by atoms with van der Waals surface area (Å²) in [6, 6.07) is 0. The number of hydrogen-bond acceptors (Lipinski definition) is 2. The summed E-state index contributed by atoms with van der Waals surface area (Å²) in [4.78, 5) is 0. The van der Waals surface area contributed by atoms with Crippen LogP contribution in [0.15, 0.2) is 11.6 Å². The Kier molecular flexibility index (Phi) is 4.04. The first-order chi connectivity index (χ1) is 5.64.